The summed E-state index contributed by atoms with van der Waals surface area (Å²) < 4.78 is 5.16. The number of aromatic nitrogens is 2. The summed E-state index contributed by atoms with van der Waals surface area (Å²) in [5.74, 6) is -0.454. The minimum Gasteiger partial charge on any atom is -0.355 e. The molecule has 128 valence electrons. The molecule has 0 aliphatic carbocycles. The third-order valence-electron chi connectivity index (χ3n) is 3.95. The van der Waals surface area contributed by atoms with Crippen molar-refractivity contribution in [2.24, 2.45) is 0 Å². The molecular weight excluding hydrogens is 320 g/mol. The maximum atomic E-state index is 12.8. The van der Waals surface area contributed by atoms with Crippen molar-refractivity contribution in [1.82, 2.24) is 15.5 Å². The smallest absolute Gasteiger partial charge is 0.258 e. The van der Waals surface area contributed by atoms with Crippen molar-refractivity contribution < 1.29 is 14.1 Å². The number of benzene rings is 1. The monoisotopic (exact) mass is 338 g/mol. The molecule has 0 bridgehead atoms. The molecular formula is C18H18N4O3. The summed E-state index contributed by atoms with van der Waals surface area (Å²) in [6.45, 7) is 5.39. The predicted octanol–water partition coefficient (Wildman–Crippen LogP) is 2.76. The summed E-state index contributed by atoms with van der Waals surface area (Å²) >= 11 is 0. The average molecular weight is 338 g/mol. The fourth-order valence-electron chi connectivity index (χ4n) is 2.68. The van der Waals surface area contributed by atoms with E-state index in [1.807, 2.05) is 6.92 Å². The van der Waals surface area contributed by atoms with Crippen molar-refractivity contribution in [3.63, 3.8) is 0 Å². The summed E-state index contributed by atoms with van der Waals surface area (Å²) in [4.78, 5) is 28.7. The third-order valence-corrected chi connectivity index (χ3v) is 3.95. The van der Waals surface area contributed by atoms with E-state index in [9.17, 15) is 9.59 Å². The molecule has 0 aliphatic heterocycles. The molecule has 0 atom stereocenters. The maximum Gasteiger partial charge on any atom is 0.258 e. The summed E-state index contributed by atoms with van der Waals surface area (Å²) in [5, 5.41) is 9.94. The molecule has 7 nitrogen and oxygen atoms in total. The van der Waals surface area contributed by atoms with Gasteiger partial charge in [0.1, 0.15) is 0 Å². The Balaban J connectivity index is 1.96. The Labute approximate surface area is 144 Å². The zero-order chi connectivity index (χ0) is 18.1. The van der Waals surface area contributed by atoms with Crippen LogP contribution in [-0.2, 0) is 0 Å². The van der Waals surface area contributed by atoms with Crippen LogP contribution in [-0.4, -0.2) is 29.0 Å². The number of amides is 2. The van der Waals surface area contributed by atoms with Crippen LogP contribution in [0.3, 0.4) is 0 Å². The number of carbonyl (C=O) groups is 2. The number of rotatable bonds is 3. The van der Waals surface area contributed by atoms with Gasteiger partial charge in [-0.3, -0.25) is 9.59 Å². The van der Waals surface area contributed by atoms with E-state index in [0.717, 1.165) is 5.56 Å². The number of aryl methyl sites for hydroxylation is 3. The molecule has 0 saturated heterocycles. The molecule has 1 aromatic carbocycles. The number of nitrogens with zero attached hydrogens (tertiary/aromatic N) is 2. The molecule has 2 amide bonds. The number of hydrogen-bond donors (Lipinski definition) is 2. The van der Waals surface area contributed by atoms with Crippen LogP contribution in [0, 0.1) is 20.8 Å². The zero-order valence-electron chi connectivity index (χ0n) is 14.4. The first-order valence-electron chi connectivity index (χ1n) is 7.78. The van der Waals surface area contributed by atoms with Crippen molar-refractivity contribution in [2.45, 2.75) is 20.8 Å². The highest BCUT2D eigenvalue weighted by atomic mass is 16.5. The molecule has 0 saturated carbocycles. The van der Waals surface area contributed by atoms with Crippen molar-refractivity contribution in [2.75, 3.05) is 12.4 Å². The molecule has 0 fully saturated rings. The molecule has 2 N–H and O–H groups in total. The van der Waals surface area contributed by atoms with Crippen molar-refractivity contribution in [3.8, 4) is 0 Å². The lowest BCUT2D eigenvalue weighted by Gasteiger charge is -2.11. The van der Waals surface area contributed by atoms with Crippen LogP contribution in [0.4, 0.5) is 5.69 Å². The Kier molecular flexibility index (Phi) is 4.22. The number of nitrogens with one attached hydrogen (secondary N) is 2. The summed E-state index contributed by atoms with van der Waals surface area (Å²) in [6, 6.07) is 6.81. The number of fused-ring (bicyclic) bond motifs is 1. The van der Waals surface area contributed by atoms with Gasteiger partial charge in [-0.2, -0.15) is 0 Å². The zero-order valence-corrected chi connectivity index (χ0v) is 14.4. The Morgan fingerprint density at radius 2 is 1.84 bits per heavy atom. The van der Waals surface area contributed by atoms with E-state index in [-0.39, 0.29) is 11.8 Å². The topological polar surface area (TPSA) is 97.1 Å². The van der Waals surface area contributed by atoms with E-state index in [1.165, 1.54) is 0 Å². The van der Waals surface area contributed by atoms with E-state index >= 15 is 0 Å². The lowest BCUT2D eigenvalue weighted by atomic mass is 10.1. The first-order chi connectivity index (χ1) is 11.9. The van der Waals surface area contributed by atoms with Crippen LogP contribution < -0.4 is 10.6 Å². The van der Waals surface area contributed by atoms with Gasteiger partial charge in [-0.15, -0.1) is 0 Å². The van der Waals surface area contributed by atoms with Crippen LogP contribution in [0.25, 0.3) is 11.1 Å². The van der Waals surface area contributed by atoms with Gasteiger partial charge in [0, 0.05) is 24.0 Å². The molecule has 0 spiro atoms. The van der Waals surface area contributed by atoms with E-state index in [0.29, 0.717) is 39.3 Å². The first kappa shape index (κ1) is 16.6. The Morgan fingerprint density at radius 1 is 1.08 bits per heavy atom. The fraction of sp³-hybridized carbons (Fsp3) is 0.222. The lowest BCUT2D eigenvalue weighted by Crippen LogP contribution is -2.18. The van der Waals surface area contributed by atoms with Crippen LogP contribution in [0.2, 0.25) is 0 Å². The van der Waals surface area contributed by atoms with E-state index < -0.39 is 0 Å². The largest absolute Gasteiger partial charge is 0.355 e. The van der Waals surface area contributed by atoms with Gasteiger partial charge in [-0.25, -0.2) is 4.98 Å². The molecule has 2 aromatic heterocycles. The number of hydrogen-bond acceptors (Lipinski definition) is 5. The number of anilines is 1. The van der Waals surface area contributed by atoms with Gasteiger partial charge in [0.25, 0.3) is 17.5 Å². The van der Waals surface area contributed by atoms with Crippen molar-refractivity contribution in [1.29, 1.82) is 0 Å². The molecule has 7 heteroatoms. The molecule has 0 unspecified atom stereocenters. The number of carbonyl (C=O) groups excluding carboxylic acids is 2. The van der Waals surface area contributed by atoms with E-state index in [4.69, 9.17) is 4.52 Å². The third kappa shape index (κ3) is 3.08. The van der Waals surface area contributed by atoms with Gasteiger partial charge < -0.3 is 15.2 Å². The van der Waals surface area contributed by atoms with Crippen LogP contribution >= 0.6 is 0 Å². The van der Waals surface area contributed by atoms with Crippen LogP contribution in [0.5, 0.6) is 0 Å². The van der Waals surface area contributed by atoms with Gasteiger partial charge in [0.05, 0.1) is 16.6 Å². The van der Waals surface area contributed by atoms with Crippen LogP contribution in [0.15, 0.2) is 28.8 Å². The standard InChI is InChI=1S/C18H18N4O3/c1-9-7-12(16(23)19-4)5-6-14(9)21-17(24)13-8-10(2)20-18-15(13)11(3)22-25-18/h5-8H,1-4H3,(H,19,23)(H,21,24). The second-order valence-corrected chi connectivity index (χ2v) is 5.82. The highest BCUT2D eigenvalue weighted by Gasteiger charge is 2.18. The second kappa shape index (κ2) is 6.35. The predicted molar refractivity (Wildman–Crippen MR) is 93.8 cm³/mol. The Hall–Kier alpha value is -3.22. The van der Waals surface area contributed by atoms with Gasteiger partial charge in [0.2, 0.25) is 0 Å². The molecule has 2 heterocycles. The van der Waals surface area contributed by atoms with Crippen molar-refractivity contribution in [3.05, 3.63) is 52.3 Å². The Morgan fingerprint density at radius 3 is 2.52 bits per heavy atom. The lowest BCUT2D eigenvalue weighted by molar-refractivity contribution is 0.0962. The summed E-state index contributed by atoms with van der Waals surface area (Å²) in [7, 11) is 1.58. The maximum absolute atomic E-state index is 12.8. The molecule has 3 rings (SSSR count). The summed E-state index contributed by atoms with van der Waals surface area (Å²) in [6.07, 6.45) is 0. The SMILES string of the molecule is CNC(=O)c1ccc(NC(=O)c2cc(C)nc3onc(C)c23)c(C)c1. The molecule has 0 radical (unpaired) electrons. The highest BCUT2D eigenvalue weighted by Crippen LogP contribution is 2.24. The number of pyridine rings is 1. The van der Waals surface area contributed by atoms with Gasteiger partial charge in [0.15, 0.2) is 0 Å². The van der Waals surface area contributed by atoms with E-state index in [2.05, 4.69) is 20.8 Å². The van der Waals surface area contributed by atoms with Crippen molar-refractivity contribution >= 4 is 28.6 Å². The second-order valence-electron chi connectivity index (χ2n) is 5.82. The van der Waals surface area contributed by atoms with E-state index in [1.54, 1.807) is 45.2 Å². The summed E-state index contributed by atoms with van der Waals surface area (Å²) in [5.41, 5.74) is 4.04. The minimum absolute atomic E-state index is 0.174. The quantitative estimate of drug-likeness (QED) is 0.765. The van der Waals surface area contributed by atoms with Crippen LogP contribution in [0.1, 0.15) is 37.7 Å². The first-order valence-corrected chi connectivity index (χ1v) is 7.78. The van der Waals surface area contributed by atoms with Gasteiger partial charge in [-0.1, -0.05) is 5.16 Å². The molecule has 25 heavy (non-hydrogen) atoms. The minimum atomic E-state index is -0.280. The molecule has 3 aromatic rings. The van der Waals surface area contributed by atoms with Gasteiger partial charge in [-0.05, 0) is 50.6 Å². The molecule has 0 aliphatic rings. The highest BCUT2D eigenvalue weighted by molar-refractivity contribution is 6.12. The van der Waals surface area contributed by atoms with Gasteiger partial charge >= 0.3 is 0 Å². The fourth-order valence-corrected chi connectivity index (χ4v) is 2.68. The normalized spacial score (nSPS) is 10.7. The Bertz CT molecular complexity index is 991. The average Bonchev–Trinajstić information content (AvgIpc) is 2.95.